The summed E-state index contributed by atoms with van der Waals surface area (Å²) in [4.78, 5) is 0. The molecule has 0 bridgehead atoms. The Balaban J connectivity index is 1.51. The van der Waals surface area contributed by atoms with Crippen molar-refractivity contribution in [3.8, 4) is 0 Å². The van der Waals surface area contributed by atoms with Crippen LogP contribution in [0.15, 0.2) is 12.3 Å². The van der Waals surface area contributed by atoms with Crippen LogP contribution >= 0.6 is 0 Å². The second-order valence-corrected chi connectivity index (χ2v) is 6.81. The van der Waals surface area contributed by atoms with E-state index in [2.05, 4.69) is 0 Å². The SMILES string of the molecule is OC[C@H]1O[C@@H](O[C@@H]2OC=C[C@@H]3C[C@@H]4O[C@]4(CO)[C@@H]23)[C@@H](O)[C@@H](O)[C@@H]1O. The van der Waals surface area contributed by atoms with E-state index >= 15 is 0 Å². The lowest BCUT2D eigenvalue weighted by molar-refractivity contribution is -0.343. The van der Waals surface area contributed by atoms with Gasteiger partial charge in [0.05, 0.1) is 31.5 Å². The minimum absolute atomic E-state index is 0.0512. The first-order valence-electron chi connectivity index (χ1n) is 8.08. The van der Waals surface area contributed by atoms with Crippen LogP contribution in [-0.4, -0.2) is 87.4 Å². The van der Waals surface area contributed by atoms with Gasteiger partial charge in [-0.2, -0.15) is 0 Å². The van der Waals surface area contributed by atoms with Crippen LogP contribution in [0, 0.1) is 11.8 Å². The third kappa shape index (κ3) is 2.31. The monoisotopic (exact) mass is 346 g/mol. The highest BCUT2D eigenvalue weighted by atomic mass is 16.8. The lowest BCUT2D eigenvalue weighted by Gasteiger charge is -2.42. The van der Waals surface area contributed by atoms with Crippen molar-refractivity contribution in [3.63, 3.8) is 0 Å². The minimum atomic E-state index is -1.52. The molecular weight excluding hydrogens is 324 g/mol. The fourth-order valence-corrected chi connectivity index (χ4v) is 4.14. The maximum atomic E-state index is 10.1. The molecule has 0 aromatic heterocycles. The third-order valence-electron chi connectivity index (χ3n) is 5.56. The van der Waals surface area contributed by atoms with Gasteiger partial charge < -0.3 is 44.5 Å². The molecule has 3 aliphatic heterocycles. The number of aliphatic hydroxyl groups excluding tert-OH is 5. The lowest BCUT2D eigenvalue weighted by Crippen LogP contribution is -2.60. The van der Waals surface area contributed by atoms with Crippen LogP contribution in [0.1, 0.15) is 6.42 Å². The van der Waals surface area contributed by atoms with E-state index in [-0.39, 0.29) is 24.5 Å². The molecule has 3 heterocycles. The van der Waals surface area contributed by atoms with Gasteiger partial charge in [0.25, 0.3) is 0 Å². The van der Waals surface area contributed by atoms with Crippen LogP contribution in [0.2, 0.25) is 0 Å². The molecule has 10 atom stereocenters. The van der Waals surface area contributed by atoms with Crippen molar-refractivity contribution in [2.24, 2.45) is 11.8 Å². The Bertz CT molecular complexity index is 507. The molecule has 0 radical (unpaired) electrons. The van der Waals surface area contributed by atoms with Gasteiger partial charge in [0.2, 0.25) is 6.29 Å². The Morgan fingerprint density at radius 1 is 1.08 bits per heavy atom. The zero-order valence-electron chi connectivity index (χ0n) is 12.8. The second kappa shape index (κ2) is 5.89. The molecular formula is C15H22O9. The van der Waals surface area contributed by atoms with Gasteiger partial charge in [-0.05, 0) is 18.4 Å². The molecule has 0 unspecified atom stereocenters. The van der Waals surface area contributed by atoms with Crippen molar-refractivity contribution in [3.05, 3.63) is 12.3 Å². The number of allylic oxidation sites excluding steroid dienone is 1. The summed E-state index contributed by atoms with van der Waals surface area (Å²) in [6.45, 7) is -0.696. The molecule has 1 aliphatic carbocycles. The van der Waals surface area contributed by atoms with E-state index in [1.54, 1.807) is 0 Å². The maximum Gasteiger partial charge on any atom is 0.208 e. The van der Waals surface area contributed by atoms with E-state index < -0.39 is 49.2 Å². The Hall–Kier alpha value is -0.780. The van der Waals surface area contributed by atoms with Crippen molar-refractivity contribution >= 4 is 0 Å². The molecule has 9 nitrogen and oxygen atoms in total. The first kappa shape index (κ1) is 16.7. The number of rotatable bonds is 4. The Morgan fingerprint density at radius 3 is 2.58 bits per heavy atom. The molecule has 136 valence electrons. The maximum absolute atomic E-state index is 10.1. The number of aliphatic hydroxyl groups is 5. The highest BCUT2D eigenvalue weighted by Crippen LogP contribution is 2.59. The smallest absolute Gasteiger partial charge is 0.208 e. The number of epoxide rings is 1. The van der Waals surface area contributed by atoms with E-state index in [1.807, 2.05) is 6.08 Å². The van der Waals surface area contributed by atoms with Crippen molar-refractivity contribution in [1.82, 2.24) is 0 Å². The first-order valence-corrected chi connectivity index (χ1v) is 8.08. The second-order valence-electron chi connectivity index (χ2n) is 6.81. The van der Waals surface area contributed by atoms with Gasteiger partial charge in [0.1, 0.15) is 30.0 Å². The van der Waals surface area contributed by atoms with Crippen molar-refractivity contribution < 1.29 is 44.5 Å². The number of hydrogen-bond acceptors (Lipinski definition) is 9. The molecule has 0 aromatic rings. The predicted octanol–water partition coefficient (Wildman–Crippen LogP) is -2.56. The van der Waals surface area contributed by atoms with Gasteiger partial charge >= 0.3 is 0 Å². The van der Waals surface area contributed by atoms with Crippen molar-refractivity contribution in [2.75, 3.05) is 13.2 Å². The fraction of sp³-hybridized carbons (Fsp3) is 0.867. The zero-order chi connectivity index (χ0) is 17.1. The van der Waals surface area contributed by atoms with E-state index in [0.717, 1.165) is 6.42 Å². The van der Waals surface area contributed by atoms with Gasteiger partial charge in [-0.1, -0.05) is 0 Å². The normalized spacial score (nSPS) is 55.6. The van der Waals surface area contributed by atoms with E-state index in [4.69, 9.17) is 18.9 Å². The Morgan fingerprint density at radius 2 is 1.88 bits per heavy atom. The van der Waals surface area contributed by atoms with Crippen molar-refractivity contribution in [1.29, 1.82) is 0 Å². The number of hydrogen-bond donors (Lipinski definition) is 5. The average Bonchev–Trinajstić information content (AvgIpc) is 3.20. The molecule has 0 spiro atoms. The van der Waals surface area contributed by atoms with Crippen LogP contribution in [0.3, 0.4) is 0 Å². The summed E-state index contributed by atoms with van der Waals surface area (Å²) in [5.41, 5.74) is -0.714. The summed E-state index contributed by atoms with van der Waals surface area (Å²) < 4.78 is 22.2. The molecule has 0 aromatic carbocycles. The summed E-state index contributed by atoms with van der Waals surface area (Å²) in [6.07, 6.45) is -3.55. The Labute approximate surface area is 138 Å². The van der Waals surface area contributed by atoms with Gasteiger partial charge in [0, 0.05) is 0 Å². The predicted molar refractivity (Wildman–Crippen MR) is 75.2 cm³/mol. The van der Waals surface area contributed by atoms with Gasteiger partial charge in [-0.3, -0.25) is 0 Å². The molecule has 4 aliphatic rings. The average molecular weight is 346 g/mol. The van der Waals surface area contributed by atoms with E-state index in [1.165, 1.54) is 6.26 Å². The number of ether oxygens (including phenoxy) is 4. The van der Waals surface area contributed by atoms with Gasteiger partial charge in [-0.15, -0.1) is 0 Å². The molecule has 4 rings (SSSR count). The first-order chi connectivity index (χ1) is 11.5. The summed E-state index contributed by atoms with van der Waals surface area (Å²) in [6, 6.07) is 0. The standard InChI is InChI=1S/C15H22O9/c16-4-7-10(18)11(19)12(20)14(22-7)23-13-9-6(1-2-21-13)3-8-15(9,5-17)24-8/h1-2,6-14,16-20H,3-5H2/t6-,7-,8+,9-,10-,11+,12+,13+,14+,15+/m1/s1. The van der Waals surface area contributed by atoms with Crippen LogP contribution in [0.25, 0.3) is 0 Å². The molecule has 1 saturated carbocycles. The third-order valence-corrected chi connectivity index (χ3v) is 5.56. The summed E-state index contributed by atoms with van der Waals surface area (Å²) in [5, 5.41) is 48.7. The van der Waals surface area contributed by atoms with Crippen LogP contribution in [0.5, 0.6) is 0 Å². The fourth-order valence-electron chi connectivity index (χ4n) is 4.14. The van der Waals surface area contributed by atoms with Crippen LogP contribution < -0.4 is 0 Å². The zero-order valence-corrected chi connectivity index (χ0v) is 12.8. The summed E-state index contributed by atoms with van der Waals surface area (Å²) in [7, 11) is 0. The molecule has 2 saturated heterocycles. The quantitative estimate of drug-likeness (QED) is 0.348. The number of fused-ring (bicyclic) bond motifs is 3. The van der Waals surface area contributed by atoms with Crippen LogP contribution in [0.4, 0.5) is 0 Å². The van der Waals surface area contributed by atoms with Crippen molar-refractivity contribution in [2.45, 2.75) is 55.1 Å². The largest absolute Gasteiger partial charge is 0.472 e. The molecule has 24 heavy (non-hydrogen) atoms. The van der Waals surface area contributed by atoms with Crippen LogP contribution in [-0.2, 0) is 18.9 Å². The van der Waals surface area contributed by atoms with Gasteiger partial charge in [0.15, 0.2) is 6.29 Å². The molecule has 0 amide bonds. The summed E-state index contributed by atoms with van der Waals surface area (Å²) in [5.74, 6) is -0.163. The lowest BCUT2D eigenvalue weighted by atomic mass is 9.86. The topological polar surface area (TPSA) is 141 Å². The highest BCUT2D eigenvalue weighted by molar-refractivity contribution is 5.20. The summed E-state index contributed by atoms with van der Waals surface area (Å²) >= 11 is 0. The van der Waals surface area contributed by atoms with E-state index in [0.29, 0.717) is 0 Å². The highest BCUT2D eigenvalue weighted by Gasteiger charge is 2.71. The minimum Gasteiger partial charge on any atom is -0.472 e. The molecule has 3 fully saturated rings. The molecule has 9 heteroatoms. The van der Waals surface area contributed by atoms with Gasteiger partial charge in [-0.25, -0.2) is 0 Å². The molecule has 5 N–H and O–H groups in total. The van der Waals surface area contributed by atoms with E-state index in [9.17, 15) is 25.5 Å². The Kier molecular flexibility index (Phi) is 4.09.